The van der Waals surface area contributed by atoms with Gasteiger partial charge in [0, 0.05) is 12.3 Å². The standard InChI is InChI=1S/C27H38N2O6/c1-6-7-8-12-15-22(19-34-25(31)28-26(32)35-27(3,4)5)29-17-16-23(30)24(20(29)2)33-18-21-13-10-9-11-14-21/h9-11,13-14,16-17,22H,6-8,12,15,18-19H2,1-5H3,(H,28,31,32). The number of alkyl carbamates (subject to hydrolysis) is 2. The van der Waals surface area contributed by atoms with Crippen LogP contribution in [0.4, 0.5) is 9.59 Å². The van der Waals surface area contributed by atoms with Crippen LogP contribution in [0.1, 0.15) is 77.1 Å². The molecular formula is C27H38N2O6. The molecule has 8 nitrogen and oxygen atoms in total. The summed E-state index contributed by atoms with van der Waals surface area (Å²) in [7, 11) is 0. The van der Waals surface area contributed by atoms with Crippen molar-refractivity contribution in [2.24, 2.45) is 0 Å². The number of amides is 2. The second-order valence-corrected chi connectivity index (χ2v) is 9.50. The van der Waals surface area contributed by atoms with Gasteiger partial charge in [0.05, 0.1) is 11.7 Å². The Morgan fingerprint density at radius 2 is 1.74 bits per heavy atom. The molecule has 2 aromatic rings. The fourth-order valence-corrected chi connectivity index (χ4v) is 3.64. The highest BCUT2D eigenvalue weighted by Gasteiger charge is 2.21. The SMILES string of the molecule is CCCCCCC(COC(=O)NC(=O)OC(C)(C)C)n1ccc(=O)c(OCc2ccccc2)c1C. The molecule has 0 spiro atoms. The van der Waals surface area contributed by atoms with E-state index in [9.17, 15) is 14.4 Å². The third-order valence-corrected chi connectivity index (χ3v) is 5.35. The lowest BCUT2D eigenvalue weighted by molar-refractivity contribution is 0.0500. The maximum Gasteiger partial charge on any atom is 0.417 e. The van der Waals surface area contributed by atoms with Crippen molar-refractivity contribution in [3.05, 3.63) is 64.1 Å². The lowest BCUT2D eigenvalue weighted by Crippen LogP contribution is -2.37. The Balaban J connectivity index is 2.14. The Labute approximate surface area is 207 Å². The first kappa shape index (κ1) is 28.0. The molecule has 1 aromatic carbocycles. The van der Waals surface area contributed by atoms with Crippen LogP contribution in [0.15, 0.2) is 47.4 Å². The van der Waals surface area contributed by atoms with E-state index < -0.39 is 17.8 Å². The van der Waals surface area contributed by atoms with Gasteiger partial charge in [-0.15, -0.1) is 0 Å². The van der Waals surface area contributed by atoms with Gasteiger partial charge in [-0.3, -0.25) is 4.79 Å². The number of hydrogen-bond acceptors (Lipinski definition) is 6. The van der Waals surface area contributed by atoms with Crippen LogP contribution in [0.2, 0.25) is 0 Å². The highest BCUT2D eigenvalue weighted by molar-refractivity contribution is 5.87. The molecule has 0 bridgehead atoms. The summed E-state index contributed by atoms with van der Waals surface area (Å²) in [5, 5.41) is 2.09. The number of carbonyl (C=O) groups is 2. The molecule has 0 radical (unpaired) electrons. The Morgan fingerprint density at radius 3 is 2.40 bits per heavy atom. The first-order chi connectivity index (χ1) is 16.6. The first-order valence-electron chi connectivity index (χ1n) is 12.2. The van der Waals surface area contributed by atoms with Crippen LogP contribution in [0.3, 0.4) is 0 Å². The van der Waals surface area contributed by atoms with E-state index in [0.717, 1.165) is 37.7 Å². The molecule has 0 aliphatic carbocycles. The topological polar surface area (TPSA) is 95.9 Å². The zero-order chi connectivity index (χ0) is 25.8. The zero-order valence-electron chi connectivity index (χ0n) is 21.5. The van der Waals surface area contributed by atoms with Gasteiger partial charge < -0.3 is 18.8 Å². The Bertz CT molecular complexity index is 1010. The molecule has 0 saturated carbocycles. The number of nitrogens with zero attached hydrogens (tertiary/aromatic N) is 1. The van der Waals surface area contributed by atoms with Crippen molar-refractivity contribution >= 4 is 12.2 Å². The van der Waals surface area contributed by atoms with E-state index in [1.165, 1.54) is 6.07 Å². The lowest BCUT2D eigenvalue weighted by atomic mass is 10.1. The number of ether oxygens (including phenoxy) is 3. The molecule has 1 N–H and O–H groups in total. The van der Waals surface area contributed by atoms with Crippen molar-refractivity contribution in [1.82, 2.24) is 9.88 Å². The molecule has 192 valence electrons. The maximum absolute atomic E-state index is 12.6. The highest BCUT2D eigenvalue weighted by atomic mass is 16.6. The largest absolute Gasteiger partial charge is 0.483 e. The Morgan fingerprint density at radius 1 is 1.03 bits per heavy atom. The van der Waals surface area contributed by atoms with Crippen LogP contribution < -0.4 is 15.5 Å². The minimum absolute atomic E-state index is 0.0303. The minimum Gasteiger partial charge on any atom is -0.483 e. The summed E-state index contributed by atoms with van der Waals surface area (Å²) in [5.74, 6) is 0.271. The third kappa shape index (κ3) is 9.84. The summed E-state index contributed by atoms with van der Waals surface area (Å²) in [6.07, 6.45) is 4.90. The molecule has 35 heavy (non-hydrogen) atoms. The van der Waals surface area contributed by atoms with E-state index >= 15 is 0 Å². The van der Waals surface area contributed by atoms with E-state index in [4.69, 9.17) is 14.2 Å². The molecule has 0 saturated heterocycles. The van der Waals surface area contributed by atoms with E-state index in [2.05, 4.69) is 12.2 Å². The first-order valence-corrected chi connectivity index (χ1v) is 12.2. The smallest absolute Gasteiger partial charge is 0.417 e. The molecule has 2 amide bonds. The van der Waals surface area contributed by atoms with Crippen LogP contribution in [0.5, 0.6) is 5.75 Å². The van der Waals surface area contributed by atoms with Gasteiger partial charge in [-0.2, -0.15) is 0 Å². The van der Waals surface area contributed by atoms with E-state index in [0.29, 0.717) is 5.69 Å². The molecule has 0 aliphatic heterocycles. The quantitative estimate of drug-likeness (QED) is 0.397. The van der Waals surface area contributed by atoms with Crippen molar-refractivity contribution in [1.29, 1.82) is 0 Å². The molecule has 1 heterocycles. The second-order valence-electron chi connectivity index (χ2n) is 9.50. The minimum atomic E-state index is -0.878. The number of benzene rings is 1. The van der Waals surface area contributed by atoms with Crippen molar-refractivity contribution in [3.63, 3.8) is 0 Å². The monoisotopic (exact) mass is 486 g/mol. The number of aromatic nitrogens is 1. The van der Waals surface area contributed by atoms with Crippen molar-refractivity contribution < 1.29 is 23.8 Å². The average Bonchev–Trinajstić information content (AvgIpc) is 2.78. The number of imide groups is 1. The fraction of sp³-hybridized carbons (Fsp3) is 0.519. The molecule has 1 aromatic heterocycles. The van der Waals surface area contributed by atoms with Gasteiger partial charge in [0.2, 0.25) is 5.43 Å². The normalized spacial score (nSPS) is 12.0. The molecule has 0 aliphatic rings. The second kappa shape index (κ2) is 13.6. The van der Waals surface area contributed by atoms with Crippen LogP contribution in [-0.4, -0.2) is 29.0 Å². The van der Waals surface area contributed by atoms with Crippen molar-refractivity contribution in [3.8, 4) is 5.75 Å². The van der Waals surface area contributed by atoms with Gasteiger partial charge in [-0.05, 0) is 39.7 Å². The number of hydrogen-bond donors (Lipinski definition) is 1. The zero-order valence-corrected chi connectivity index (χ0v) is 21.5. The van der Waals surface area contributed by atoms with Gasteiger partial charge >= 0.3 is 12.2 Å². The molecule has 8 heteroatoms. The fourth-order valence-electron chi connectivity index (χ4n) is 3.64. The molecular weight excluding hydrogens is 448 g/mol. The summed E-state index contributed by atoms with van der Waals surface area (Å²) < 4.78 is 18.3. The van der Waals surface area contributed by atoms with Crippen LogP contribution in [-0.2, 0) is 16.1 Å². The van der Waals surface area contributed by atoms with Crippen molar-refractivity contribution in [2.45, 2.75) is 85.0 Å². The summed E-state index contributed by atoms with van der Waals surface area (Å²) in [5.41, 5.74) is 0.683. The average molecular weight is 487 g/mol. The number of carbonyl (C=O) groups excluding carboxylic acids is 2. The predicted molar refractivity (Wildman–Crippen MR) is 135 cm³/mol. The summed E-state index contributed by atoms with van der Waals surface area (Å²) >= 11 is 0. The number of unbranched alkanes of at least 4 members (excludes halogenated alkanes) is 3. The predicted octanol–water partition coefficient (Wildman–Crippen LogP) is 5.91. The number of pyridine rings is 1. The number of rotatable bonds is 11. The van der Waals surface area contributed by atoms with Gasteiger partial charge in [0.25, 0.3) is 0 Å². The van der Waals surface area contributed by atoms with E-state index in [1.807, 2.05) is 41.8 Å². The van der Waals surface area contributed by atoms with Crippen LogP contribution in [0.25, 0.3) is 0 Å². The van der Waals surface area contributed by atoms with Crippen LogP contribution in [0, 0.1) is 6.92 Å². The molecule has 1 atom stereocenters. The molecule has 0 fully saturated rings. The Kier molecular flexibility index (Phi) is 10.8. The van der Waals surface area contributed by atoms with E-state index in [1.54, 1.807) is 27.0 Å². The summed E-state index contributed by atoms with van der Waals surface area (Å²) in [4.78, 5) is 36.6. The van der Waals surface area contributed by atoms with Crippen LogP contribution >= 0.6 is 0 Å². The van der Waals surface area contributed by atoms with Gasteiger partial charge in [0.1, 0.15) is 18.8 Å². The Hall–Kier alpha value is -3.29. The highest BCUT2D eigenvalue weighted by Crippen LogP contribution is 2.23. The van der Waals surface area contributed by atoms with Gasteiger partial charge in [-0.1, -0.05) is 62.9 Å². The maximum atomic E-state index is 12.6. The van der Waals surface area contributed by atoms with Gasteiger partial charge in [-0.25, -0.2) is 14.9 Å². The summed E-state index contributed by atoms with van der Waals surface area (Å²) in [6, 6.07) is 10.9. The lowest BCUT2D eigenvalue weighted by Gasteiger charge is -2.24. The van der Waals surface area contributed by atoms with E-state index in [-0.39, 0.29) is 30.4 Å². The van der Waals surface area contributed by atoms with Gasteiger partial charge in [0.15, 0.2) is 5.75 Å². The third-order valence-electron chi connectivity index (χ3n) is 5.35. The number of nitrogens with one attached hydrogen (secondary N) is 1. The molecule has 1 unspecified atom stereocenters. The molecule has 2 rings (SSSR count). The summed E-state index contributed by atoms with van der Waals surface area (Å²) in [6.45, 7) is 9.40. The van der Waals surface area contributed by atoms with Crippen molar-refractivity contribution in [2.75, 3.05) is 6.61 Å².